The molecule has 0 heterocycles. The fourth-order valence-electron chi connectivity index (χ4n) is 5.83. The van der Waals surface area contributed by atoms with Gasteiger partial charge >= 0.3 is 17.9 Å². The summed E-state index contributed by atoms with van der Waals surface area (Å²) in [6, 6.07) is -0.631. The van der Waals surface area contributed by atoms with E-state index in [0.29, 0.717) is 19.3 Å². The highest BCUT2D eigenvalue weighted by Crippen LogP contribution is 2.12. The van der Waals surface area contributed by atoms with Gasteiger partial charge in [0.1, 0.15) is 6.61 Å². The average Bonchev–Trinajstić information content (AvgIpc) is 3.19. The van der Waals surface area contributed by atoms with Gasteiger partial charge in [-0.25, -0.2) is 4.79 Å². The number of carboxylic acids is 1. The summed E-state index contributed by atoms with van der Waals surface area (Å²) in [6.45, 7) is 4.39. The smallest absolute Gasteiger partial charge is 0.362 e. The summed E-state index contributed by atoms with van der Waals surface area (Å²) < 4.78 is 17.2. The maximum absolute atomic E-state index is 12.7. The van der Waals surface area contributed by atoms with Crippen molar-refractivity contribution in [1.82, 2.24) is 0 Å². The van der Waals surface area contributed by atoms with Gasteiger partial charge in [-0.05, 0) is 77.0 Å². The fraction of sp³-hybridized carbons (Fsp3) is 0.588. The lowest BCUT2D eigenvalue weighted by atomic mass is 10.1. The molecule has 0 radical (unpaired) electrons. The number of carbonyl (C=O) groups is 3. The van der Waals surface area contributed by atoms with Crippen molar-refractivity contribution in [3.63, 3.8) is 0 Å². The molecule has 0 aliphatic rings. The number of esters is 2. The molecule has 0 rings (SSSR count). The Hall–Kier alpha value is -4.01. The van der Waals surface area contributed by atoms with Crippen molar-refractivity contribution < 1.29 is 38.2 Å². The lowest BCUT2D eigenvalue weighted by Crippen LogP contribution is -2.50. The van der Waals surface area contributed by atoms with Crippen molar-refractivity contribution in [2.45, 2.75) is 154 Å². The Balaban J connectivity index is 4.39. The predicted octanol–water partition coefficient (Wildman–Crippen LogP) is 12.5. The van der Waals surface area contributed by atoms with Gasteiger partial charge in [0, 0.05) is 19.3 Å². The zero-order valence-corrected chi connectivity index (χ0v) is 37.7. The Morgan fingerprint density at radius 2 is 0.983 bits per heavy atom. The molecular formula is C51H82NO7+. The topological polar surface area (TPSA) is 99.1 Å². The monoisotopic (exact) mass is 821 g/mol. The lowest BCUT2D eigenvalue weighted by Gasteiger charge is -2.31. The Morgan fingerprint density at radius 1 is 0.525 bits per heavy atom. The van der Waals surface area contributed by atoms with Crippen LogP contribution in [0.5, 0.6) is 0 Å². The first-order chi connectivity index (χ1) is 28.6. The van der Waals surface area contributed by atoms with Crippen LogP contribution in [-0.2, 0) is 28.6 Å². The Bertz CT molecular complexity index is 1330. The van der Waals surface area contributed by atoms with Gasteiger partial charge in [0.15, 0.2) is 12.1 Å². The summed E-state index contributed by atoms with van der Waals surface area (Å²) in [5, 5.41) is 9.62. The standard InChI is InChI=1S/C51H81NO7/c1-6-8-10-12-14-16-18-20-21-22-23-24-25-26-27-28-30-31-33-35-37-39-41-49(53)58-46-47(45-57-44-43-48(51(55)56)52(3,4)5)59-50(54)42-40-38-36-34-32-29-19-17-15-13-11-9-7-2/h8-11,13-17,19-21,23-24,26-27,29,32,47-48H,6-7,12,18,22,25,28,30-31,33-46H2,1-5H3/p+1/b10-8+,11-9+,15-13+,16-14+,19-17+,21-20+,24-23+,27-26+,32-29+. The number of nitrogens with zero attached hydrogens (tertiary/aromatic N) is 1. The van der Waals surface area contributed by atoms with Crippen molar-refractivity contribution in [2.24, 2.45) is 0 Å². The van der Waals surface area contributed by atoms with Crippen molar-refractivity contribution >= 4 is 17.9 Å². The lowest BCUT2D eigenvalue weighted by molar-refractivity contribution is -0.887. The molecule has 332 valence electrons. The number of carboxylic acid groups (broad SMARTS) is 1. The second-order valence-corrected chi connectivity index (χ2v) is 15.6. The van der Waals surface area contributed by atoms with E-state index in [9.17, 15) is 19.5 Å². The summed E-state index contributed by atoms with van der Waals surface area (Å²) in [6.07, 6.45) is 55.7. The van der Waals surface area contributed by atoms with E-state index in [4.69, 9.17) is 14.2 Å². The van der Waals surface area contributed by atoms with Crippen LogP contribution in [0.4, 0.5) is 0 Å². The molecule has 0 bridgehead atoms. The van der Waals surface area contributed by atoms with Gasteiger partial charge in [0.2, 0.25) is 0 Å². The molecule has 0 saturated carbocycles. The van der Waals surface area contributed by atoms with E-state index in [-0.39, 0.29) is 42.7 Å². The third kappa shape index (κ3) is 39.2. The van der Waals surface area contributed by atoms with Crippen molar-refractivity contribution in [2.75, 3.05) is 41.0 Å². The molecule has 8 heteroatoms. The molecule has 0 aromatic rings. The van der Waals surface area contributed by atoms with Gasteiger partial charge in [-0.2, -0.15) is 0 Å². The number of rotatable bonds is 38. The molecule has 0 aliphatic heterocycles. The molecule has 0 aromatic heterocycles. The number of quaternary nitrogens is 1. The van der Waals surface area contributed by atoms with Crippen LogP contribution in [0.2, 0.25) is 0 Å². The zero-order chi connectivity index (χ0) is 43.5. The second kappa shape index (κ2) is 40.8. The normalized spacial score (nSPS) is 14.0. The van der Waals surface area contributed by atoms with Crippen molar-refractivity contribution in [1.29, 1.82) is 0 Å². The largest absolute Gasteiger partial charge is 0.477 e. The van der Waals surface area contributed by atoms with Crippen LogP contribution in [0.3, 0.4) is 0 Å². The number of hydrogen-bond acceptors (Lipinski definition) is 6. The fourth-order valence-corrected chi connectivity index (χ4v) is 5.83. The van der Waals surface area contributed by atoms with Crippen LogP contribution >= 0.6 is 0 Å². The van der Waals surface area contributed by atoms with Gasteiger partial charge in [0.25, 0.3) is 0 Å². The summed E-state index contributed by atoms with van der Waals surface area (Å²) in [5.41, 5.74) is 0. The summed E-state index contributed by atoms with van der Waals surface area (Å²) in [7, 11) is 5.49. The molecule has 0 amide bonds. The molecule has 2 atom stereocenters. The van der Waals surface area contributed by atoms with Crippen LogP contribution in [0.25, 0.3) is 0 Å². The third-order valence-electron chi connectivity index (χ3n) is 9.26. The minimum atomic E-state index is -0.890. The van der Waals surface area contributed by atoms with E-state index in [0.717, 1.165) is 89.9 Å². The zero-order valence-electron chi connectivity index (χ0n) is 37.7. The molecule has 1 N–H and O–H groups in total. The molecule has 59 heavy (non-hydrogen) atoms. The van der Waals surface area contributed by atoms with Crippen LogP contribution in [0, 0.1) is 0 Å². The van der Waals surface area contributed by atoms with Gasteiger partial charge < -0.3 is 23.8 Å². The van der Waals surface area contributed by atoms with Gasteiger partial charge in [-0.15, -0.1) is 0 Å². The first kappa shape index (κ1) is 55.0. The van der Waals surface area contributed by atoms with Crippen molar-refractivity contribution in [3.05, 3.63) is 109 Å². The molecular weight excluding hydrogens is 739 g/mol. The highest BCUT2D eigenvalue weighted by atomic mass is 16.6. The van der Waals surface area contributed by atoms with Crippen molar-refractivity contribution in [3.8, 4) is 0 Å². The summed E-state index contributed by atoms with van der Waals surface area (Å²) in [4.78, 5) is 37.0. The van der Waals surface area contributed by atoms with E-state index in [2.05, 4.69) is 86.8 Å². The van der Waals surface area contributed by atoms with E-state index in [1.54, 1.807) is 0 Å². The van der Waals surface area contributed by atoms with E-state index >= 15 is 0 Å². The van der Waals surface area contributed by atoms with E-state index in [1.165, 1.54) is 12.8 Å². The molecule has 0 fully saturated rings. The average molecular weight is 821 g/mol. The molecule has 0 spiro atoms. The number of ether oxygens (including phenoxy) is 3. The Morgan fingerprint density at radius 3 is 1.54 bits per heavy atom. The van der Waals surface area contributed by atoms with E-state index in [1.807, 2.05) is 57.6 Å². The number of unbranched alkanes of at least 4 members (excludes halogenated alkanes) is 9. The molecule has 0 aliphatic carbocycles. The van der Waals surface area contributed by atoms with Gasteiger partial charge in [-0.1, -0.05) is 155 Å². The first-order valence-corrected chi connectivity index (χ1v) is 22.5. The quantitative estimate of drug-likeness (QED) is 0.0218. The van der Waals surface area contributed by atoms with E-state index < -0.39 is 18.1 Å². The maximum Gasteiger partial charge on any atom is 0.362 e. The highest BCUT2D eigenvalue weighted by Gasteiger charge is 2.31. The number of likely N-dealkylation sites (N-methyl/N-ethyl adjacent to an activating group) is 1. The minimum Gasteiger partial charge on any atom is -0.477 e. The number of allylic oxidation sites excluding steroid dienone is 18. The van der Waals surface area contributed by atoms with Crippen LogP contribution in [-0.4, -0.2) is 80.6 Å². The molecule has 8 nitrogen and oxygen atoms in total. The van der Waals surface area contributed by atoms with Gasteiger partial charge in [0.05, 0.1) is 34.4 Å². The van der Waals surface area contributed by atoms with Crippen LogP contribution in [0.15, 0.2) is 109 Å². The summed E-state index contributed by atoms with van der Waals surface area (Å²) in [5.74, 6) is -1.56. The Labute approximate surface area is 359 Å². The maximum atomic E-state index is 12.7. The second-order valence-electron chi connectivity index (χ2n) is 15.6. The first-order valence-electron chi connectivity index (χ1n) is 22.5. The summed E-state index contributed by atoms with van der Waals surface area (Å²) >= 11 is 0. The minimum absolute atomic E-state index is 0.0323. The molecule has 2 unspecified atom stereocenters. The highest BCUT2D eigenvalue weighted by molar-refractivity contribution is 5.72. The SMILES string of the molecule is CC/C=C/C=C/C=C/C=C/CCCCCC(=O)OC(COCCC(C(=O)O)[N+](C)(C)C)COC(=O)CCCCCCCC/C=C/C/C=C/C/C=C/C/C=C/C/C=C/CC. The number of hydrogen-bond donors (Lipinski definition) is 1. The van der Waals surface area contributed by atoms with Crippen LogP contribution < -0.4 is 0 Å². The third-order valence-corrected chi connectivity index (χ3v) is 9.26. The van der Waals surface area contributed by atoms with Gasteiger partial charge in [-0.3, -0.25) is 9.59 Å². The number of carbonyl (C=O) groups excluding carboxylic acids is 2. The number of aliphatic carboxylic acids is 1. The Kier molecular flexibility index (Phi) is 38.0. The predicted molar refractivity (Wildman–Crippen MR) is 247 cm³/mol. The molecule has 0 aromatic carbocycles. The molecule has 0 saturated heterocycles. The van der Waals surface area contributed by atoms with Crippen LogP contribution in [0.1, 0.15) is 142 Å².